The summed E-state index contributed by atoms with van der Waals surface area (Å²) in [5.74, 6) is -0.614. The Morgan fingerprint density at radius 3 is 2.56 bits per heavy atom. The SMILES string of the molecule is Cc1cc(NC(=O)Cn2c(C)c(Br)c3ccccc32)ccc1C(N)=O. The van der Waals surface area contributed by atoms with Gasteiger partial charge >= 0.3 is 0 Å². The number of aromatic nitrogens is 1. The number of carbonyl (C=O) groups is 2. The van der Waals surface area contributed by atoms with E-state index in [4.69, 9.17) is 5.73 Å². The molecule has 3 rings (SSSR count). The summed E-state index contributed by atoms with van der Waals surface area (Å²) in [4.78, 5) is 23.8. The van der Waals surface area contributed by atoms with Gasteiger partial charge in [0, 0.05) is 32.3 Å². The molecule has 0 bridgehead atoms. The number of nitrogens with zero attached hydrogens (tertiary/aromatic N) is 1. The summed E-state index contributed by atoms with van der Waals surface area (Å²) in [5, 5.41) is 3.95. The van der Waals surface area contributed by atoms with Crippen LogP contribution in [0.5, 0.6) is 0 Å². The number of hydrogen-bond donors (Lipinski definition) is 2. The van der Waals surface area contributed by atoms with Crippen molar-refractivity contribution in [3.05, 3.63) is 63.8 Å². The van der Waals surface area contributed by atoms with E-state index in [-0.39, 0.29) is 12.5 Å². The molecule has 0 unspecified atom stereocenters. The van der Waals surface area contributed by atoms with Crippen LogP contribution in [0.3, 0.4) is 0 Å². The molecule has 5 nitrogen and oxygen atoms in total. The summed E-state index contributed by atoms with van der Waals surface area (Å²) >= 11 is 3.59. The minimum Gasteiger partial charge on any atom is -0.366 e. The molecular formula is C19H18BrN3O2. The van der Waals surface area contributed by atoms with Crippen molar-refractivity contribution in [3.8, 4) is 0 Å². The summed E-state index contributed by atoms with van der Waals surface area (Å²) in [5.41, 5.74) is 9.13. The smallest absolute Gasteiger partial charge is 0.248 e. The highest BCUT2D eigenvalue weighted by atomic mass is 79.9. The fourth-order valence-corrected chi connectivity index (χ4v) is 3.50. The number of hydrogen-bond acceptors (Lipinski definition) is 2. The molecule has 0 saturated carbocycles. The molecule has 0 atom stereocenters. The number of nitrogens with one attached hydrogen (secondary N) is 1. The molecule has 25 heavy (non-hydrogen) atoms. The average molecular weight is 400 g/mol. The van der Waals surface area contributed by atoms with Crippen LogP contribution in [0.4, 0.5) is 5.69 Å². The van der Waals surface area contributed by atoms with Gasteiger partial charge in [-0.3, -0.25) is 9.59 Å². The Bertz CT molecular complexity index is 992. The number of nitrogens with two attached hydrogens (primary N) is 1. The van der Waals surface area contributed by atoms with Gasteiger partial charge in [-0.25, -0.2) is 0 Å². The van der Waals surface area contributed by atoms with E-state index in [9.17, 15) is 9.59 Å². The van der Waals surface area contributed by atoms with Crippen molar-refractivity contribution in [1.29, 1.82) is 0 Å². The van der Waals surface area contributed by atoms with E-state index in [1.807, 2.05) is 35.8 Å². The van der Waals surface area contributed by atoms with Crippen LogP contribution in [0.25, 0.3) is 10.9 Å². The minimum atomic E-state index is -0.477. The number of primary amides is 1. The molecule has 6 heteroatoms. The third kappa shape index (κ3) is 3.30. The van der Waals surface area contributed by atoms with Crippen molar-refractivity contribution in [3.63, 3.8) is 0 Å². The van der Waals surface area contributed by atoms with Gasteiger partial charge in [-0.2, -0.15) is 0 Å². The molecular weight excluding hydrogens is 382 g/mol. The lowest BCUT2D eigenvalue weighted by Crippen LogP contribution is -2.20. The van der Waals surface area contributed by atoms with E-state index in [1.165, 1.54) is 0 Å². The number of halogens is 1. The number of carbonyl (C=O) groups excluding carboxylic acids is 2. The van der Waals surface area contributed by atoms with Crippen LogP contribution in [-0.2, 0) is 11.3 Å². The molecule has 2 aromatic carbocycles. The Labute approximate surface area is 153 Å². The summed E-state index contributed by atoms with van der Waals surface area (Å²) < 4.78 is 2.97. The van der Waals surface area contributed by atoms with E-state index in [1.54, 1.807) is 25.1 Å². The molecule has 128 valence electrons. The molecule has 0 aliphatic rings. The van der Waals surface area contributed by atoms with Gasteiger partial charge in [0.15, 0.2) is 0 Å². The third-order valence-electron chi connectivity index (χ3n) is 4.23. The highest BCUT2D eigenvalue weighted by molar-refractivity contribution is 9.10. The van der Waals surface area contributed by atoms with E-state index in [0.29, 0.717) is 11.3 Å². The topological polar surface area (TPSA) is 77.1 Å². The van der Waals surface area contributed by atoms with Crippen LogP contribution in [0.2, 0.25) is 0 Å². The maximum absolute atomic E-state index is 12.5. The van der Waals surface area contributed by atoms with E-state index in [0.717, 1.165) is 26.6 Å². The first-order valence-corrected chi connectivity index (χ1v) is 8.61. The Kier molecular flexibility index (Phi) is 4.63. The van der Waals surface area contributed by atoms with E-state index >= 15 is 0 Å². The van der Waals surface area contributed by atoms with Crippen molar-refractivity contribution in [2.24, 2.45) is 5.73 Å². The number of fused-ring (bicyclic) bond motifs is 1. The second-order valence-corrected chi connectivity index (χ2v) is 6.74. The van der Waals surface area contributed by atoms with Gasteiger partial charge in [0.1, 0.15) is 6.54 Å². The second kappa shape index (κ2) is 6.72. The fraction of sp³-hybridized carbons (Fsp3) is 0.158. The van der Waals surface area contributed by atoms with Crippen LogP contribution in [0.1, 0.15) is 21.6 Å². The molecule has 3 N–H and O–H groups in total. The number of benzene rings is 2. The zero-order chi connectivity index (χ0) is 18.1. The maximum Gasteiger partial charge on any atom is 0.248 e. The minimum absolute atomic E-state index is 0.137. The first-order chi connectivity index (χ1) is 11.9. The quantitative estimate of drug-likeness (QED) is 0.700. The van der Waals surface area contributed by atoms with Gasteiger partial charge in [-0.1, -0.05) is 18.2 Å². The number of rotatable bonds is 4. The zero-order valence-corrected chi connectivity index (χ0v) is 15.6. The lowest BCUT2D eigenvalue weighted by atomic mass is 10.1. The van der Waals surface area contributed by atoms with Gasteiger partial charge in [0.2, 0.25) is 11.8 Å². The molecule has 0 aliphatic heterocycles. The van der Waals surface area contributed by atoms with Crippen LogP contribution < -0.4 is 11.1 Å². The first-order valence-electron chi connectivity index (χ1n) is 7.82. The molecule has 0 spiro atoms. The van der Waals surface area contributed by atoms with Crippen molar-refractivity contribution in [1.82, 2.24) is 4.57 Å². The van der Waals surface area contributed by atoms with E-state index < -0.39 is 5.91 Å². The molecule has 2 amide bonds. The van der Waals surface area contributed by atoms with Gasteiger partial charge in [0.05, 0.1) is 0 Å². The Hall–Kier alpha value is -2.60. The Balaban J connectivity index is 1.83. The molecule has 3 aromatic rings. The van der Waals surface area contributed by atoms with Gasteiger partial charge in [-0.15, -0.1) is 0 Å². The van der Waals surface area contributed by atoms with Crippen molar-refractivity contribution < 1.29 is 9.59 Å². The lowest BCUT2D eigenvalue weighted by molar-refractivity contribution is -0.116. The first kappa shape index (κ1) is 17.2. The van der Waals surface area contributed by atoms with Crippen molar-refractivity contribution in [2.75, 3.05) is 5.32 Å². The molecule has 0 fully saturated rings. The predicted molar refractivity (Wildman–Crippen MR) is 103 cm³/mol. The largest absolute Gasteiger partial charge is 0.366 e. The second-order valence-electron chi connectivity index (χ2n) is 5.94. The molecule has 0 radical (unpaired) electrons. The summed E-state index contributed by atoms with van der Waals surface area (Å²) in [6.45, 7) is 3.97. The normalized spacial score (nSPS) is 10.8. The molecule has 0 saturated heterocycles. The van der Waals surface area contributed by atoms with E-state index in [2.05, 4.69) is 21.2 Å². The molecule has 1 heterocycles. The third-order valence-corrected chi connectivity index (χ3v) is 5.23. The van der Waals surface area contributed by atoms with Gasteiger partial charge in [0.25, 0.3) is 0 Å². The van der Waals surface area contributed by atoms with Gasteiger partial charge in [-0.05, 0) is 59.6 Å². The standard InChI is InChI=1S/C19H18BrN3O2/c1-11-9-13(7-8-14(11)19(21)25)22-17(24)10-23-12(2)18(20)15-5-3-4-6-16(15)23/h3-9H,10H2,1-2H3,(H2,21,25)(H,22,24). The molecule has 0 aliphatic carbocycles. The fourth-order valence-electron chi connectivity index (χ4n) is 2.95. The number of para-hydroxylation sites is 1. The van der Waals surface area contributed by atoms with Crippen LogP contribution in [-0.4, -0.2) is 16.4 Å². The maximum atomic E-state index is 12.5. The zero-order valence-electron chi connectivity index (χ0n) is 14.0. The monoisotopic (exact) mass is 399 g/mol. The Morgan fingerprint density at radius 2 is 1.88 bits per heavy atom. The van der Waals surface area contributed by atoms with Crippen molar-refractivity contribution >= 4 is 44.3 Å². The lowest BCUT2D eigenvalue weighted by Gasteiger charge is -2.11. The predicted octanol–water partition coefficient (Wildman–Crippen LogP) is 3.76. The number of anilines is 1. The summed E-state index contributed by atoms with van der Waals surface area (Å²) in [6.07, 6.45) is 0. The number of aryl methyl sites for hydroxylation is 1. The summed E-state index contributed by atoms with van der Waals surface area (Å²) in [6, 6.07) is 13.0. The average Bonchev–Trinajstić information content (AvgIpc) is 2.80. The summed E-state index contributed by atoms with van der Waals surface area (Å²) in [7, 11) is 0. The van der Waals surface area contributed by atoms with Gasteiger partial charge < -0.3 is 15.6 Å². The van der Waals surface area contributed by atoms with Crippen LogP contribution >= 0.6 is 15.9 Å². The molecule has 1 aromatic heterocycles. The van der Waals surface area contributed by atoms with Crippen LogP contribution in [0, 0.1) is 13.8 Å². The Morgan fingerprint density at radius 1 is 1.16 bits per heavy atom. The highest BCUT2D eigenvalue weighted by Gasteiger charge is 2.14. The van der Waals surface area contributed by atoms with Crippen LogP contribution in [0.15, 0.2) is 46.9 Å². The highest BCUT2D eigenvalue weighted by Crippen LogP contribution is 2.30. The number of amides is 2. The van der Waals surface area contributed by atoms with Crippen molar-refractivity contribution in [2.45, 2.75) is 20.4 Å².